The van der Waals surface area contributed by atoms with Gasteiger partial charge in [0, 0.05) is 34.3 Å². The molecule has 0 saturated heterocycles. The first-order valence-corrected chi connectivity index (χ1v) is 9.29. The second-order valence-electron chi connectivity index (χ2n) is 6.23. The Hall–Kier alpha value is -2.04. The molecule has 2 amide bonds. The Labute approximate surface area is 163 Å². The third-order valence-corrected chi connectivity index (χ3v) is 4.49. The van der Waals surface area contributed by atoms with Gasteiger partial charge in [-0.25, -0.2) is 0 Å². The van der Waals surface area contributed by atoms with Gasteiger partial charge >= 0.3 is 0 Å². The maximum absolute atomic E-state index is 12.0. The number of amides is 2. The summed E-state index contributed by atoms with van der Waals surface area (Å²) in [7, 11) is 0. The molecule has 4 nitrogen and oxygen atoms in total. The Morgan fingerprint density at radius 2 is 1.31 bits per heavy atom. The fraction of sp³-hybridized carbons (Fsp3) is 0.300. The molecule has 0 fully saturated rings. The quantitative estimate of drug-likeness (QED) is 0.646. The number of carbonyl (C=O) groups excluding carboxylic acids is 2. The molecule has 2 N–H and O–H groups in total. The minimum absolute atomic E-state index is 0.106. The lowest BCUT2D eigenvalue weighted by atomic mass is 10.1. The van der Waals surface area contributed by atoms with E-state index in [1.54, 1.807) is 48.5 Å². The Morgan fingerprint density at radius 3 is 1.81 bits per heavy atom. The molecule has 2 aromatic rings. The fourth-order valence-corrected chi connectivity index (χ4v) is 2.68. The smallest absolute Gasteiger partial charge is 0.251 e. The largest absolute Gasteiger partial charge is 0.352 e. The highest BCUT2D eigenvalue weighted by Gasteiger charge is 2.09. The van der Waals surface area contributed by atoms with Gasteiger partial charge in [-0.05, 0) is 67.3 Å². The Kier molecular flexibility index (Phi) is 7.95. The summed E-state index contributed by atoms with van der Waals surface area (Å²) >= 11 is 11.6. The van der Waals surface area contributed by atoms with E-state index in [-0.39, 0.29) is 11.8 Å². The van der Waals surface area contributed by atoms with E-state index in [1.165, 1.54) is 0 Å². The van der Waals surface area contributed by atoms with Crippen LogP contribution in [0.3, 0.4) is 0 Å². The van der Waals surface area contributed by atoms with Gasteiger partial charge in [0.05, 0.1) is 0 Å². The Balaban J connectivity index is 1.63. The van der Waals surface area contributed by atoms with Crippen LogP contribution in [0.15, 0.2) is 48.5 Å². The monoisotopic (exact) mass is 392 g/mol. The van der Waals surface area contributed by atoms with Crippen molar-refractivity contribution >= 4 is 35.0 Å². The molecule has 6 heteroatoms. The first-order chi connectivity index (χ1) is 12.5. The molecule has 2 rings (SSSR count). The Bertz CT molecular complexity index is 730. The average molecular weight is 393 g/mol. The molecule has 0 saturated carbocycles. The molecule has 0 heterocycles. The summed E-state index contributed by atoms with van der Waals surface area (Å²) in [4.78, 5) is 24.0. The first kappa shape index (κ1) is 20.3. The van der Waals surface area contributed by atoms with Crippen LogP contribution >= 0.6 is 23.2 Å². The highest BCUT2D eigenvalue weighted by atomic mass is 35.5. The second-order valence-corrected chi connectivity index (χ2v) is 7.10. The average Bonchev–Trinajstić information content (AvgIpc) is 2.64. The summed E-state index contributed by atoms with van der Waals surface area (Å²) < 4.78 is 0. The van der Waals surface area contributed by atoms with Gasteiger partial charge in [-0.3, -0.25) is 9.59 Å². The van der Waals surface area contributed by atoms with Crippen LogP contribution in [0.5, 0.6) is 0 Å². The highest BCUT2D eigenvalue weighted by molar-refractivity contribution is 6.31. The van der Waals surface area contributed by atoms with E-state index < -0.39 is 0 Å². The maximum Gasteiger partial charge on any atom is 0.251 e. The van der Waals surface area contributed by atoms with Crippen LogP contribution in [0.2, 0.25) is 10.0 Å². The molecule has 0 aliphatic heterocycles. The lowest BCUT2D eigenvalue weighted by Crippen LogP contribution is -2.29. The van der Waals surface area contributed by atoms with E-state index in [0.29, 0.717) is 40.2 Å². The van der Waals surface area contributed by atoms with Crippen molar-refractivity contribution in [2.45, 2.75) is 19.8 Å². The van der Waals surface area contributed by atoms with E-state index in [4.69, 9.17) is 23.2 Å². The first-order valence-electron chi connectivity index (χ1n) is 8.53. The van der Waals surface area contributed by atoms with Gasteiger partial charge in [0.1, 0.15) is 0 Å². The zero-order valence-electron chi connectivity index (χ0n) is 14.6. The molecule has 2 aromatic carbocycles. The van der Waals surface area contributed by atoms with Gasteiger partial charge in [0.2, 0.25) is 0 Å². The minimum Gasteiger partial charge on any atom is -0.352 e. The van der Waals surface area contributed by atoms with Crippen LogP contribution in [0.4, 0.5) is 0 Å². The molecule has 0 spiro atoms. The van der Waals surface area contributed by atoms with Gasteiger partial charge < -0.3 is 10.6 Å². The predicted molar refractivity (Wildman–Crippen MR) is 106 cm³/mol. The third kappa shape index (κ3) is 6.70. The van der Waals surface area contributed by atoms with Crippen molar-refractivity contribution in [1.82, 2.24) is 10.6 Å². The van der Waals surface area contributed by atoms with Crippen molar-refractivity contribution < 1.29 is 9.59 Å². The molecule has 0 aromatic heterocycles. The van der Waals surface area contributed by atoms with Crippen LogP contribution in [0, 0.1) is 5.92 Å². The minimum atomic E-state index is -0.107. The van der Waals surface area contributed by atoms with Crippen LogP contribution < -0.4 is 10.6 Å². The molecule has 26 heavy (non-hydrogen) atoms. The summed E-state index contributed by atoms with van der Waals surface area (Å²) in [5.74, 6) is 0.105. The lowest BCUT2D eigenvalue weighted by Gasteiger charge is -2.13. The zero-order valence-corrected chi connectivity index (χ0v) is 16.1. The summed E-state index contributed by atoms with van der Waals surface area (Å²) in [6.07, 6.45) is 1.75. The van der Waals surface area contributed by atoms with Crippen molar-refractivity contribution in [3.63, 3.8) is 0 Å². The number of carbonyl (C=O) groups is 2. The van der Waals surface area contributed by atoms with Gasteiger partial charge in [-0.2, -0.15) is 0 Å². The molecule has 1 atom stereocenters. The van der Waals surface area contributed by atoms with E-state index in [9.17, 15) is 9.59 Å². The molecular formula is C20H22Cl2N2O2. The molecule has 0 bridgehead atoms. The van der Waals surface area contributed by atoms with E-state index in [1.807, 2.05) is 0 Å². The predicted octanol–water partition coefficient (Wildman–Crippen LogP) is 4.57. The van der Waals surface area contributed by atoms with Gasteiger partial charge in [0.15, 0.2) is 0 Å². The van der Waals surface area contributed by atoms with Crippen molar-refractivity contribution in [3.05, 3.63) is 69.7 Å². The lowest BCUT2D eigenvalue weighted by molar-refractivity contribution is 0.0945. The number of benzene rings is 2. The normalized spacial score (nSPS) is 11.7. The fourth-order valence-electron chi connectivity index (χ4n) is 2.43. The maximum atomic E-state index is 12.0. The molecule has 0 aliphatic carbocycles. The van der Waals surface area contributed by atoms with Crippen LogP contribution in [0.1, 0.15) is 40.5 Å². The van der Waals surface area contributed by atoms with E-state index >= 15 is 0 Å². The molecule has 138 valence electrons. The van der Waals surface area contributed by atoms with Gasteiger partial charge in [-0.1, -0.05) is 30.1 Å². The number of nitrogens with one attached hydrogen (secondary N) is 2. The number of hydrogen-bond acceptors (Lipinski definition) is 2. The summed E-state index contributed by atoms with van der Waals surface area (Å²) in [6, 6.07) is 13.6. The van der Waals surface area contributed by atoms with Crippen LogP contribution in [0.25, 0.3) is 0 Å². The van der Waals surface area contributed by atoms with Crippen molar-refractivity contribution in [2.24, 2.45) is 5.92 Å². The SMILES string of the molecule is C[C@@H](CCCNC(=O)c1ccc(Cl)cc1)CNC(=O)c1ccc(Cl)cc1. The molecular weight excluding hydrogens is 371 g/mol. The molecule has 0 unspecified atom stereocenters. The van der Waals surface area contributed by atoms with Crippen molar-refractivity contribution in [1.29, 1.82) is 0 Å². The topological polar surface area (TPSA) is 58.2 Å². The van der Waals surface area contributed by atoms with E-state index in [2.05, 4.69) is 17.6 Å². The standard InChI is InChI=1S/C20H22Cl2N2O2/c1-14(13-24-20(26)16-6-10-18(22)11-7-16)3-2-12-23-19(25)15-4-8-17(21)9-5-15/h4-11,14H,2-3,12-13H2,1H3,(H,23,25)(H,24,26)/t14-/m0/s1. The molecule has 0 radical (unpaired) electrons. The van der Waals surface area contributed by atoms with Gasteiger partial charge in [-0.15, -0.1) is 0 Å². The van der Waals surface area contributed by atoms with Gasteiger partial charge in [0.25, 0.3) is 11.8 Å². The third-order valence-electron chi connectivity index (χ3n) is 3.98. The molecule has 0 aliphatic rings. The van der Waals surface area contributed by atoms with E-state index in [0.717, 1.165) is 12.8 Å². The number of hydrogen-bond donors (Lipinski definition) is 2. The number of rotatable bonds is 8. The van der Waals surface area contributed by atoms with Crippen molar-refractivity contribution in [2.75, 3.05) is 13.1 Å². The highest BCUT2D eigenvalue weighted by Crippen LogP contribution is 2.11. The van der Waals surface area contributed by atoms with Crippen LogP contribution in [-0.4, -0.2) is 24.9 Å². The zero-order chi connectivity index (χ0) is 18.9. The second kappa shape index (κ2) is 10.2. The van der Waals surface area contributed by atoms with Crippen molar-refractivity contribution in [3.8, 4) is 0 Å². The summed E-state index contributed by atoms with van der Waals surface area (Å²) in [5.41, 5.74) is 1.19. The summed E-state index contributed by atoms with van der Waals surface area (Å²) in [5, 5.41) is 7.02. The number of halogens is 2. The summed E-state index contributed by atoms with van der Waals surface area (Å²) in [6.45, 7) is 3.26. The Morgan fingerprint density at radius 1 is 0.846 bits per heavy atom. The van der Waals surface area contributed by atoms with Crippen LogP contribution in [-0.2, 0) is 0 Å².